The lowest BCUT2D eigenvalue weighted by molar-refractivity contribution is 0.0693. The number of ketones is 1. The zero-order chi connectivity index (χ0) is 20.3. The number of nitrogens with zero attached hydrogens (tertiary/aromatic N) is 3. The Morgan fingerprint density at radius 2 is 1.86 bits per heavy atom. The zero-order valence-corrected chi connectivity index (χ0v) is 16.1. The monoisotopic (exact) mass is 380 g/mol. The number of benzene rings is 1. The highest BCUT2D eigenvalue weighted by Crippen LogP contribution is 2.24. The molecule has 3 aromatic rings. The van der Waals surface area contributed by atoms with Crippen LogP contribution in [0, 0.1) is 0 Å². The average molecular weight is 380 g/mol. The van der Waals surface area contributed by atoms with Gasteiger partial charge in [-0.15, -0.1) is 0 Å². The van der Waals surface area contributed by atoms with Crippen molar-refractivity contribution in [3.63, 3.8) is 0 Å². The molecule has 7 nitrogen and oxygen atoms in total. The third kappa shape index (κ3) is 3.55. The number of aromatic nitrogens is 3. The minimum atomic E-state index is -1.18. The number of carbonyl (C=O) groups is 2. The molecule has 0 atom stereocenters. The summed E-state index contributed by atoms with van der Waals surface area (Å²) in [5.74, 6) is -1.31. The quantitative estimate of drug-likeness (QED) is 0.582. The summed E-state index contributed by atoms with van der Waals surface area (Å²) in [5, 5.41) is 9.44. The number of carbonyl (C=O) groups excluding carboxylic acids is 1. The summed E-state index contributed by atoms with van der Waals surface area (Å²) >= 11 is 0. The van der Waals surface area contributed by atoms with Gasteiger partial charge in [0.05, 0.1) is 17.6 Å². The van der Waals surface area contributed by atoms with E-state index in [4.69, 9.17) is 5.73 Å². The van der Waals surface area contributed by atoms with E-state index in [1.165, 1.54) is 6.20 Å². The average Bonchev–Trinajstić information content (AvgIpc) is 3.27. The van der Waals surface area contributed by atoms with Crippen LogP contribution in [0.3, 0.4) is 0 Å². The van der Waals surface area contributed by atoms with Gasteiger partial charge < -0.3 is 20.0 Å². The van der Waals surface area contributed by atoms with E-state index in [2.05, 4.69) is 4.98 Å². The molecule has 28 heavy (non-hydrogen) atoms. The first-order valence-corrected chi connectivity index (χ1v) is 9.32. The first-order valence-electron chi connectivity index (χ1n) is 9.32. The summed E-state index contributed by atoms with van der Waals surface area (Å²) in [6.45, 7) is 4.83. The van der Waals surface area contributed by atoms with Crippen molar-refractivity contribution in [2.75, 3.05) is 5.73 Å². The van der Waals surface area contributed by atoms with Gasteiger partial charge in [-0.1, -0.05) is 37.3 Å². The second-order valence-electron chi connectivity index (χ2n) is 6.52. The second kappa shape index (κ2) is 8.12. The molecule has 0 saturated carbocycles. The zero-order valence-electron chi connectivity index (χ0n) is 16.1. The van der Waals surface area contributed by atoms with Crippen molar-refractivity contribution in [1.29, 1.82) is 0 Å². The molecular weight excluding hydrogens is 356 g/mol. The Morgan fingerprint density at radius 1 is 1.14 bits per heavy atom. The lowest BCUT2D eigenvalue weighted by Crippen LogP contribution is -2.11. The molecule has 0 fully saturated rings. The van der Waals surface area contributed by atoms with E-state index in [1.807, 2.05) is 48.7 Å². The van der Waals surface area contributed by atoms with Gasteiger partial charge in [-0.3, -0.25) is 4.79 Å². The molecule has 0 aliphatic rings. The van der Waals surface area contributed by atoms with Gasteiger partial charge in [0.25, 0.3) is 0 Å². The first-order chi connectivity index (χ1) is 13.5. The number of nitrogens with two attached hydrogens (primary N) is 1. The summed E-state index contributed by atoms with van der Waals surface area (Å²) < 4.78 is 3.54. The van der Waals surface area contributed by atoms with Crippen molar-refractivity contribution in [1.82, 2.24) is 14.1 Å². The minimum Gasteiger partial charge on any atom is -0.478 e. The minimum absolute atomic E-state index is 0.113. The predicted molar refractivity (Wildman–Crippen MR) is 107 cm³/mol. The van der Waals surface area contributed by atoms with E-state index in [9.17, 15) is 14.7 Å². The van der Waals surface area contributed by atoms with Crippen molar-refractivity contribution in [3.05, 3.63) is 59.7 Å². The molecule has 146 valence electrons. The molecule has 0 saturated heterocycles. The standard InChI is InChI=1S/C21H24N4O3/c1-3-16-19(14-8-6-5-7-9-14)23-13-25(16)11-10-17(26)15-12-24(4-2)20(22)18(15)21(27)28/h5-9,12-13H,3-4,10-11,22H2,1-2H3,(H,27,28). The first kappa shape index (κ1) is 19.4. The summed E-state index contributed by atoms with van der Waals surface area (Å²) in [6.07, 6.45) is 4.21. The van der Waals surface area contributed by atoms with Crippen molar-refractivity contribution in [2.24, 2.45) is 0 Å². The second-order valence-corrected chi connectivity index (χ2v) is 6.52. The lowest BCUT2D eigenvalue weighted by atomic mass is 10.1. The van der Waals surface area contributed by atoms with Crippen LogP contribution in [0.25, 0.3) is 11.3 Å². The molecule has 3 rings (SSSR count). The van der Waals surface area contributed by atoms with Crippen molar-refractivity contribution < 1.29 is 14.7 Å². The van der Waals surface area contributed by atoms with E-state index in [-0.39, 0.29) is 29.1 Å². The number of hydrogen-bond acceptors (Lipinski definition) is 4. The summed E-state index contributed by atoms with van der Waals surface area (Å²) in [4.78, 5) is 28.8. The normalized spacial score (nSPS) is 10.9. The maximum absolute atomic E-state index is 12.7. The van der Waals surface area contributed by atoms with Gasteiger partial charge in [0.1, 0.15) is 11.4 Å². The van der Waals surface area contributed by atoms with Crippen LogP contribution >= 0.6 is 0 Å². The van der Waals surface area contributed by atoms with Crippen LogP contribution in [0.4, 0.5) is 5.82 Å². The van der Waals surface area contributed by atoms with Crippen LogP contribution in [0.1, 0.15) is 46.7 Å². The number of carboxylic acids is 1. The van der Waals surface area contributed by atoms with Gasteiger partial charge in [0.15, 0.2) is 5.78 Å². The molecule has 2 aromatic heterocycles. The van der Waals surface area contributed by atoms with Crippen LogP contribution in [-0.2, 0) is 19.5 Å². The van der Waals surface area contributed by atoms with Crippen LogP contribution in [0.15, 0.2) is 42.9 Å². The van der Waals surface area contributed by atoms with Gasteiger partial charge in [-0.25, -0.2) is 9.78 Å². The fourth-order valence-electron chi connectivity index (χ4n) is 3.43. The SMILES string of the molecule is CCc1c(-c2ccccc2)ncn1CCC(=O)c1cn(CC)c(N)c1C(=O)O. The van der Waals surface area contributed by atoms with Crippen LogP contribution in [0.5, 0.6) is 0 Å². The van der Waals surface area contributed by atoms with E-state index in [1.54, 1.807) is 10.9 Å². The van der Waals surface area contributed by atoms with Crippen molar-refractivity contribution >= 4 is 17.6 Å². The molecule has 3 N–H and O–H groups in total. The van der Waals surface area contributed by atoms with E-state index in [0.717, 1.165) is 23.4 Å². The Morgan fingerprint density at radius 3 is 2.46 bits per heavy atom. The molecule has 2 heterocycles. The number of rotatable bonds is 8. The highest BCUT2D eigenvalue weighted by Gasteiger charge is 2.24. The Bertz CT molecular complexity index is 1000. The van der Waals surface area contributed by atoms with Crippen LogP contribution in [-0.4, -0.2) is 31.0 Å². The number of Topliss-reactive ketones (excluding diaryl/α,β-unsaturated/α-hetero) is 1. The Balaban J connectivity index is 1.83. The van der Waals surface area contributed by atoms with Gasteiger partial charge >= 0.3 is 5.97 Å². The molecule has 0 aliphatic carbocycles. The number of imidazole rings is 1. The molecule has 0 amide bonds. The predicted octanol–water partition coefficient (Wildman–Crippen LogP) is 3.49. The summed E-state index contributed by atoms with van der Waals surface area (Å²) in [5.41, 5.74) is 8.92. The fourth-order valence-corrected chi connectivity index (χ4v) is 3.43. The van der Waals surface area contributed by atoms with Crippen molar-refractivity contribution in [2.45, 2.75) is 39.8 Å². The molecule has 0 aliphatic heterocycles. The van der Waals surface area contributed by atoms with Crippen LogP contribution in [0.2, 0.25) is 0 Å². The number of anilines is 1. The number of nitrogen functional groups attached to an aromatic ring is 1. The topological polar surface area (TPSA) is 103 Å². The van der Waals surface area contributed by atoms with E-state index >= 15 is 0 Å². The smallest absolute Gasteiger partial charge is 0.340 e. The molecule has 7 heteroatoms. The van der Waals surface area contributed by atoms with Gasteiger partial charge in [0, 0.05) is 37.0 Å². The highest BCUT2D eigenvalue weighted by molar-refractivity contribution is 6.08. The van der Waals surface area contributed by atoms with Gasteiger partial charge in [-0.2, -0.15) is 0 Å². The number of aromatic carboxylic acids is 1. The highest BCUT2D eigenvalue weighted by atomic mass is 16.4. The lowest BCUT2D eigenvalue weighted by Gasteiger charge is -2.08. The molecule has 0 spiro atoms. The third-order valence-electron chi connectivity index (χ3n) is 4.88. The van der Waals surface area contributed by atoms with Crippen molar-refractivity contribution in [3.8, 4) is 11.3 Å². The maximum atomic E-state index is 12.7. The van der Waals surface area contributed by atoms with Crippen LogP contribution < -0.4 is 5.73 Å². The number of carboxylic acid groups (broad SMARTS) is 1. The summed E-state index contributed by atoms with van der Waals surface area (Å²) in [7, 11) is 0. The Hall–Kier alpha value is -3.35. The number of hydrogen-bond donors (Lipinski definition) is 2. The third-order valence-corrected chi connectivity index (χ3v) is 4.88. The molecule has 1 aromatic carbocycles. The fraction of sp³-hybridized carbons (Fsp3) is 0.286. The molecule has 0 unspecified atom stereocenters. The maximum Gasteiger partial charge on any atom is 0.340 e. The Kier molecular flexibility index (Phi) is 5.63. The largest absolute Gasteiger partial charge is 0.478 e. The Labute approximate surface area is 163 Å². The van der Waals surface area contributed by atoms with Gasteiger partial charge in [0.2, 0.25) is 0 Å². The van der Waals surface area contributed by atoms with E-state index in [0.29, 0.717) is 13.1 Å². The summed E-state index contributed by atoms with van der Waals surface area (Å²) in [6, 6.07) is 9.90. The number of aryl methyl sites for hydroxylation is 2. The van der Waals surface area contributed by atoms with Gasteiger partial charge in [-0.05, 0) is 13.3 Å². The molecular formula is C21H24N4O3. The molecule has 0 radical (unpaired) electrons. The van der Waals surface area contributed by atoms with E-state index < -0.39 is 5.97 Å². The molecule has 0 bridgehead atoms.